The second-order valence-corrected chi connectivity index (χ2v) is 3.97. The molecule has 0 saturated heterocycles. The minimum Gasteiger partial charge on any atom is -0.318 e. The Kier molecular flexibility index (Phi) is 4.10. The number of nitrogens with zero attached hydrogens (tertiary/aromatic N) is 1. The fourth-order valence-electron chi connectivity index (χ4n) is 1.56. The number of anilines is 2. The van der Waals surface area contributed by atoms with E-state index in [1.165, 1.54) is 6.07 Å². The molecule has 0 atom stereocenters. The summed E-state index contributed by atoms with van der Waals surface area (Å²) < 4.78 is 0. The standard InChI is InChI=1S/C15H11N3O2/c16-10-11-5-4-8-13(9-11)18-15(20)14(19)17-12-6-2-1-3-7-12/h1-9H,(H,17,19)(H,18,20). The first kappa shape index (κ1) is 13.3. The number of para-hydroxylation sites is 1. The summed E-state index contributed by atoms with van der Waals surface area (Å²) in [6.07, 6.45) is 0. The molecular weight excluding hydrogens is 254 g/mol. The maximum atomic E-state index is 11.7. The van der Waals surface area contributed by atoms with Gasteiger partial charge >= 0.3 is 11.8 Å². The largest absolute Gasteiger partial charge is 0.318 e. The van der Waals surface area contributed by atoms with Crippen LogP contribution in [0.5, 0.6) is 0 Å². The van der Waals surface area contributed by atoms with E-state index in [9.17, 15) is 9.59 Å². The minimum atomic E-state index is -0.788. The second-order valence-electron chi connectivity index (χ2n) is 3.97. The Labute approximate surface area is 115 Å². The summed E-state index contributed by atoms with van der Waals surface area (Å²) in [5, 5.41) is 13.7. The van der Waals surface area contributed by atoms with Gasteiger partial charge in [0.2, 0.25) is 0 Å². The SMILES string of the molecule is N#Cc1cccc(NC(=O)C(=O)Nc2ccccc2)c1. The molecule has 2 aromatic rings. The summed E-state index contributed by atoms with van der Waals surface area (Å²) in [5.74, 6) is -1.55. The van der Waals surface area contributed by atoms with Gasteiger partial charge in [-0.05, 0) is 30.3 Å². The molecule has 0 aliphatic carbocycles. The van der Waals surface area contributed by atoms with E-state index < -0.39 is 11.8 Å². The van der Waals surface area contributed by atoms with E-state index in [2.05, 4.69) is 10.6 Å². The van der Waals surface area contributed by atoms with Crippen molar-refractivity contribution in [3.05, 3.63) is 60.2 Å². The quantitative estimate of drug-likeness (QED) is 0.816. The van der Waals surface area contributed by atoms with Crippen LogP contribution in [0.3, 0.4) is 0 Å². The summed E-state index contributed by atoms with van der Waals surface area (Å²) in [5.41, 5.74) is 1.35. The Morgan fingerprint density at radius 2 is 1.45 bits per heavy atom. The van der Waals surface area contributed by atoms with Crippen molar-refractivity contribution in [1.29, 1.82) is 5.26 Å². The van der Waals surface area contributed by atoms with Crippen LogP contribution in [0.2, 0.25) is 0 Å². The van der Waals surface area contributed by atoms with Crippen LogP contribution >= 0.6 is 0 Å². The molecule has 2 N–H and O–H groups in total. The van der Waals surface area contributed by atoms with Crippen molar-refractivity contribution in [3.8, 4) is 6.07 Å². The molecule has 2 rings (SSSR count). The fourth-order valence-corrected chi connectivity index (χ4v) is 1.56. The third-order valence-corrected chi connectivity index (χ3v) is 2.49. The number of nitriles is 1. The van der Waals surface area contributed by atoms with Crippen LogP contribution in [0.15, 0.2) is 54.6 Å². The number of carbonyl (C=O) groups excluding carboxylic acids is 2. The summed E-state index contributed by atoms with van der Waals surface area (Å²) in [4.78, 5) is 23.4. The Morgan fingerprint density at radius 3 is 2.10 bits per heavy atom. The lowest BCUT2D eigenvalue weighted by molar-refractivity contribution is -0.132. The zero-order valence-electron chi connectivity index (χ0n) is 10.5. The monoisotopic (exact) mass is 265 g/mol. The first-order valence-electron chi connectivity index (χ1n) is 5.86. The molecule has 2 aromatic carbocycles. The van der Waals surface area contributed by atoms with Crippen molar-refractivity contribution in [2.45, 2.75) is 0 Å². The molecule has 20 heavy (non-hydrogen) atoms. The fraction of sp³-hybridized carbons (Fsp3) is 0. The zero-order chi connectivity index (χ0) is 14.4. The van der Waals surface area contributed by atoms with E-state index in [1.807, 2.05) is 12.1 Å². The van der Waals surface area contributed by atoms with Gasteiger partial charge in [-0.2, -0.15) is 5.26 Å². The molecule has 0 radical (unpaired) electrons. The number of rotatable bonds is 2. The van der Waals surface area contributed by atoms with Gasteiger partial charge in [-0.15, -0.1) is 0 Å². The topological polar surface area (TPSA) is 82.0 Å². The van der Waals surface area contributed by atoms with Crippen LogP contribution in [0.4, 0.5) is 11.4 Å². The van der Waals surface area contributed by atoms with Crippen molar-refractivity contribution in [2.24, 2.45) is 0 Å². The Hall–Kier alpha value is -3.13. The first-order chi connectivity index (χ1) is 9.69. The predicted molar refractivity (Wildman–Crippen MR) is 74.9 cm³/mol. The molecule has 5 heteroatoms. The molecule has 98 valence electrons. The van der Waals surface area contributed by atoms with E-state index in [4.69, 9.17) is 5.26 Å². The van der Waals surface area contributed by atoms with Gasteiger partial charge in [0.15, 0.2) is 0 Å². The molecule has 0 spiro atoms. The Balaban J connectivity index is 2.01. The highest BCUT2D eigenvalue weighted by molar-refractivity contribution is 6.43. The van der Waals surface area contributed by atoms with E-state index in [0.717, 1.165) is 0 Å². The maximum absolute atomic E-state index is 11.7. The smallest absolute Gasteiger partial charge is 0.314 e. The molecule has 0 aliphatic heterocycles. The number of amides is 2. The molecule has 0 heterocycles. The molecule has 5 nitrogen and oxygen atoms in total. The highest BCUT2D eigenvalue weighted by Gasteiger charge is 2.13. The Morgan fingerprint density at radius 1 is 0.850 bits per heavy atom. The Bertz CT molecular complexity index is 675. The molecule has 0 aromatic heterocycles. The lowest BCUT2D eigenvalue weighted by Gasteiger charge is -2.06. The van der Waals surface area contributed by atoms with Gasteiger partial charge in [0.1, 0.15) is 0 Å². The average Bonchev–Trinajstić information content (AvgIpc) is 2.48. The summed E-state index contributed by atoms with van der Waals surface area (Å²) in [7, 11) is 0. The normalized spacial score (nSPS) is 9.35. The summed E-state index contributed by atoms with van der Waals surface area (Å²) in [6, 6.07) is 17.0. The van der Waals surface area contributed by atoms with Gasteiger partial charge in [-0.1, -0.05) is 24.3 Å². The third kappa shape index (κ3) is 3.43. The number of benzene rings is 2. The first-order valence-corrected chi connectivity index (χ1v) is 5.86. The second kappa shape index (κ2) is 6.16. The van der Waals surface area contributed by atoms with Crippen LogP contribution < -0.4 is 10.6 Å². The van der Waals surface area contributed by atoms with Gasteiger partial charge in [-0.25, -0.2) is 0 Å². The molecule has 0 aliphatic rings. The lowest BCUT2D eigenvalue weighted by Crippen LogP contribution is -2.29. The highest BCUT2D eigenvalue weighted by Crippen LogP contribution is 2.10. The summed E-state index contributed by atoms with van der Waals surface area (Å²) >= 11 is 0. The number of hydrogen-bond acceptors (Lipinski definition) is 3. The maximum Gasteiger partial charge on any atom is 0.314 e. The van der Waals surface area contributed by atoms with Gasteiger partial charge in [-0.3, -0.25) is 9.59 Å². The van der Waals surface area contributed by atoms with Gasteiger partial charge < -0.3 is 10.6 Å². The van der Waals surface area contributed by atoms with E-state index in [0.29, 0.717) is 16.9 Å². The third-order valence-electron chi connectivity index (χ3n) is 2.49. The predicted octanol–water partition coefficient (Wildman–Crippen LogP) is 2.14. The van der Waals surface area contributed by atoms with Crippen molar-refractivity contribution < 1.29 is 9.59 Å². The minimum absolute atomic E-state index is 0.400. The van der Waals surface area contributed by atoms with Crippen LogP contribution in [0.25, 0.3) is 0 Å². The van der Waals surface area contributed by atoms with Gasteiger partial charge in [0, 0.05) is 11.4 Å². The average molecular weight is 265 g/mol. The van der Waals surface area contributed by atoms with Crippen molar-refractivity contribution in [2.75, 3.05) is 10.6 Å². The molecule has 0 bridgehead atoms. The van der Waals surface area contributed by atoms with Gasteiger partial charge in [0.25, 0.3) is 0 Å². The van der Waals surface area contributed by atoms with Crippen LogP contribution in [0, 0.1) is 11.3 Å². The van der Waals surface area contributed by atoms with Gasteiger partial charge in [0.05, 0.1) is 11.6 Å². The van der Waals surface area contributed by atoms with E-state index in [-0.39, 0.29) is 0 Å². The molecule has 0 saturated carbocycles. The van der Waals surface area contributed by atoms with Crippen molar-refractivity contribution >= 4 is 23.2 Å². The molecule has 2 amide bonds. The lowest BCUT2D eigenvalue weighted by atomic mass is 10.2. The number of nitrogens with one attached hydrogen (secondary N) is 2. The zero-order valence-corrected chi connectivity index (χ0v) is 10.5. The number of hydrogen-bond donors (Lipinski definition) is 2. The van der Waals surface area contributed by atoms with E-state index in [1.54, 1.807) is 42.5 Å². The highest BCUT2D eigenvalue weighted by atomic mass is 16.2. The molecule has 0 fully saturated rings. The molecule has 0 unspecified atom stereocenters. The van der Waals surface area contributed by atoms with Crippen LogP contribution in [0.1, 0.15) is 5.56 Å². The number of carbonyl (C=O) groups is 2. The van der Waals surface area contributed by atoms with Crippen molar-refractivity contribution in [3.63, 3.8) is 0 Å². The summed E-state index contributed by atoms with van der Waals surface area (Å²) in [6.45, 7) is 0. The van der Waals surface area contributed by atoms with Crippen LogP contribution in [-0.4, -0.2) is 11.8 Å². The molecular formula is C15H11N3O2. The van der Waals surface area contributed by atoms with Crippen molar-refractivity contribution in [1.82, 2.24) is 0 Å². The van der Waals surface area contributed by atoms with Crippen LogP contribution in [-0.2, 0) is 9.59 Å². The van der Waals surface area contributed by atoms with E-state index >= 15 is 0 Å².